The van der Waals surface area contributed by atoms with Crippen LogP contribution in [0.1, 0.15) is 36.3 Å². The van der Waals surface area contributed by atoms with Gasteiger partial charge in [0.25, 0.3) is 0 Å². The van der Waals surface area contributed by atoms with Crippen LogP contribution in [0.25, 0.3) is 0 Å². The Labute approximate surface area is 262 Å². The Balaban J connectivity index is 1.35. The van der Waals surface area contributed by atoms with Crippen LogP contribution < -0.4 is 16.4 Å². The van der Waals surface area contributed by atoms with E-state index in [9.17, 15) is 17.6 Å². The normalized spacial score (nSPS) is 19.8. The number of nitrogens with zero attached hydrogens (tertiary/aromatic N) is 1. The van der Waals surface area contributed by atoms with Gasteiger partial charge in [-0.3, -0.25) is 4.79 Å². The first-order valence-corrected chi connectivity index (χ1v) is 16.6. The lowest BCUT2D eigenvalue weighted by Gasteiger charge is -2.35. The summed E-state index contributed by atoms with van der Waals surface area (Å²) >= 11 is 5.92. The van der Waals surface area contributed by atoms with Crippen molar-refractivity contribution in [3.8, 4) is 0 Å². The molecule has 0 spiro atoms. The minimum Gasteiger partial charge on any atom is -0.381 e. The number of rotatable bonds is 10. The first-order chi connectivity index (χ1) is 21.2. The average molecular weight is 647 g/mol. The van der Waals surface area contributed by atoms with Crippen molar-refractivity contribution in [3.63, 3.8) is 0 Å². The number of nitrogens with one attached hydrogen (secondary N) is 2. The highest BCUT2D eigenvalue weighted by molar-refractivity contribution is 7.89. The number of hydrogen-bond donors (Lipinski definition) is 3. The molecule has 12 heteroatoms. The third-order valence-electron chi connectivity index (χ3n) is 8.54. The Hall–Kier alpha value is -2.93. The zero-order valence-electron chi connectivity index (χ0n) is 24.2. The molecule has 2 fully saturated rings. The van der Waals surface area contributed by atoms with Crippen molar-refractivity contribution in [2.45, 2.75) is 48.6 Å². The average Bonchev–Trinajstić information content (AvgIpc) is 3.03. The number of benzene rings is 3. The maximum Gasteiger partial charge on any atom is 0.243 e. The summed E-state index contributed by atoms with van der Waals surface area (Å²) in [7, 11) is -3.75. The molecule has 5 rings (SSSR count). The van der Waals surface area contributed by atoms with Crippen molar-refractivity contribution in [2.24, 2.45) is 11.7 Å². The summed E-state index contributed by atoms with van der Waals surface area (Å²) in [6.07, 6.45) is 1.80. The molecular formula is C32H37ClF2N4O4S. The molecule has 2 aliphatic heterocycles. The molecular weight excluding hydrogens is 610 g/mol. The van der Waals surface area contributed by atoms with E-state index < -0.39 is 45.6 Å². The van der Waals surface area contributed by atoms with Crippen LogP contribution in [0.2, 0.25) is 5.02 Å². The van der Waals surface area contributed by atoms with Gasteiger partial charge in [0.05, 0.1) is 16.0 Å². The molecule has 0 radical (unpaired) electrons. The van der Waals surface area contributed by atoms with Crippen LogP contribution in [-0.2, 0) is 26.0 Å². The van der Waals surface area contributed by atoms with Crippen LogP contribution in [-0.4, -0.2) is 63.6 Å². The number of halogens is 3. The van der Waals surface area contributed by atoms with Crippen molar-refractivity contribution in [1.82, 2.24) is 9.62 Å². The van der Waals surface area contributed by atoms with E-state index in [0.717, 1.165) is 0 Å². The minimum atomic E-state index is -3.75. The van der Waals surface area contributed by atoms with Gasteiger partial charge in [0.2, 0.25) is 15.9 Å². The Morgan fingerprint density at radius 1 is 1.07 bits per heavy atom. The fourth-order valence-electron chi connectivity index (χ4n) is 6.22. The molecule has 3 atom stereocenters. The van der Waals surface area contributed by atoms with Crippen molar-refractivity contribution in [1.29, 1.82) is 0 Å². The van der Waals surface area contributed by atoms with Crippen LogP contribution in [0, 0.1) is 17.6 Å². The third kappa shape index (κ3) is 7.30. The number of ether oxygens (including phenoxy) is 1. The van der Waals surface area contributed by atoms with E-state index in [2.05, 4.69) is 10.6 Å². The van der Waals surface area contributed by atoms with E-state index in [1.54, 1.807) is 42.5 Å². The summed E-state index contributed by atoms with van der Waals surface area (Å²) in [5, 5.41) is 6.03. The van der Waals surface area contributed by atoms with Gasteiger partial charge in [-0.1, -0.05) is 41.9 Å². The summed E-state index contributed by atoms with van der Waals surface area (Å²) in [6.45, 7) is 2.22. The second-order valence-corrected chi connectivity index (χ2v) is 13.6. The maximum absolute atomic E-state index is 15.3. The first kappa shape index (κ1) is 32.5. The number of amides is 1. The smallest absolute Gasteiger partial charge is 0.243 e. The van der Waals surface area contributed by atoms with Crippen LogP contribution in [0.4, 0.5) is 14.5 Å². The second-order valence-electron chi connectivity index (χ2n) is 11.3. The summed E-state index contributed by atoms with van der Waals surface area (Å²) in [5.74, 6) is -2.20. The third-order valence-corrected chi connectivity index (χ3v) is 10.8. The molecule has 4 N–H and O–H groups in total. The van der Waals surface area contributed by atoms with Gasteiger partial charge in [-0.2, -0.15) is 4.31 Å². The summed E-state index contributed by atoms with van der Waals surface area (Å²) < 4.78 is 63.5. The lowest BCUT2D eigenvalue weighted by molar-refractivity contribution is -0.118. The predicted molar refractivity (Wildman–Crippen MR) is 166 cm³/mol. The van der Waals surface area contributed by atoms with Gasteiger partial charge in [0, 0.05) is 56.1 Å². The van der Waals surface area contributed by atoms with Gasteiger partial charge in [-0.25, -0.2) is 17.2 Å². The van der Waals surface area contributed by atoms with Gasteiger partial charge >= 0.3 is 0 Å². The number of carbonyl (C=O) groups excluding carboxylic acids is 1. The Morgan fingerprint density at radius 2 is 1.82 bits per heavy atom. The molecule has 2 heterocycles. The Bertz CT molecular complexity index is 1560. The maximum atomic E-state index is 15.3. The van der Waals surface area contributed by atoms with Crippen molar-refractivity contribution in [3.05, 3.63) is 94.5 Å². The largest absolute Gasteiger partial charge is 0.381 e. The molecule has 0 bridgehead atoms. The van der Waals surface area contributed by atoms with E-state index in [-0.39, 0.29) is 40.1 Å². The number of hydrogen-bond acceptors (Lipinski definition) is 6. The summed E-state index contributed by atoms with van der Waals surface area (Å²) in [6, 6.07) is 15.6. The molecule has 2 saturated heterocycles. The predicted octanol–water partition coefficient (Wildman–Crippen LogP) is 4.69. The molecule has 3 aromatic rings. The van der Waals surface area contributed by atoms with Crippen LogP contribution in [0.15, 0.2) is 71.6 Å². The zero-order chi connectivity index (χ0) is 31.3. The van der Waals surface area contributed by atoms with Gasteiger partial charge in [0.1, 0.15) is 11.6 Å². The van der Waals surface area contributed by atoms with E-state index >= 15 is 4.39 Å². The molecule has 0 saturated carbocycles. The molecule has 0 aromatic heterocycles. The number of carbonyl (C=O) groups is 1. The SMILES string of the molecule is N[C@H](C(=O)Nc1cccc(F)c1CC[C@H]1CNCCN1S(=O)(=O)c1ccccc1)[C@@H](c1ccc(Cl)c(F)c1)C1CCOCC1. The summed E-state index contributed by atoms with van der Waals surface area (Å²) in [4.78, 5) is 13.8. The van der Waals surface area contributed by atoms with Crippen molar-refractivity contribution >= 4 is 33.2 Å². The molecule has 0 unspecified atom stereocenters. The Kier molecular flexibility index (Phi) is 10.7. The fourth-order valence-corrected chi connectivity index (χ4v) is 8.01. The van der Waals surface area contributed by atoms with Gasteiger partial charge in [-0.05, 0) is 73.6 Å². The molecule has 3 aromatic carbocycles. The second kappa shape index (κ2) is 14.4. The lowest BCUT2D eigenvalue weighted by Crippen LogP contribution is -2.53. The van der Waals surface area contributed by atoms with E-state index in [1.165, 1.54) is 28.6 Å². The van der Waals surface area contributed by atoms with Crippen molar-refractivity contribution < 1.29 is 26.7 Å². The fraction of sp³-hybridized carbons (Fsp3) is 0.406. The van der Waals surface area contributed by atoms with Gasteiger partial charge in [0.15, 0.2) is 0 Å². The van der Waals surface area contributed by atoms with Gasteiger partial charge < -0.3 is 21.1 Å². The van der Waals surface area contributed by atoms with Crippen LogP contribution in [0.3, 0.4) is 0 Å². The Morgan fingerprint density at radius 3 is 2.55 bits per heavy atom. The lowest BCUT2D eigenvalue weighted by atomic mass is 9.76. The first-order valence-electron chi connectivity index (χ1n) is 14.8. The van der Waals surface area contributed by atoms with E-state index in [1.807, 2.05) is 0 Å². The number of sulfonamides is 1. The molecule has 0 aliphatic carbocycles. The highest BCUT2D eigenvalue weighted by Crippen LogP contribution is 2.36. The minimum absolute atomic E-state index is 0.0230. The standard InChI is InChI=1S/C32H37ClF2N4O4S/c33-26-12-9-22(19-28(26)35)30(21-13-17-43-18-14-21)31(36)32(40)38-29-8-4-7-27(34)25(29)11-10-23-20-37-15-16-39(23)44(41,42)24-5-2-1-3-6-24/h1-9,12,19,21,23,30-31,37H,10-11,13-18,20,36H2,(H,38,40)/t23-,30+,31-/m0/s1. The molecule has 44 heavy (non-hydrogen) atoms. The van der Waals surface area contributed by atoms with Crippen LogP contribution in [0.5, 0.6) is 0 Å². The van der Waals surface area contributed by atoms with Crippen molar-refractivity contribution in [2.75, 3.05) is 38.2 Å². The highest BCUT2D eigenvalue weighted by atomic mass is 35.5. The molecule has 236 valence electrons. The number of anilines is 1. The summed E-state index contributed by atoms with van der Waals surface area (Å²) in [5.41, 5.74) is 7.66. The van der Waals surface area contributed by atoms with Crippen LogP contribution >= 0.6 is 11.6 Å². The molecule has 1 amide bonds. The zero-order valence-corrected chi connectivity index (χ0v) is 25.8. The van der Waals surface area contributed by atoms with Gasteiger partial charge in [-0.15, -0.1) is 0 Å². The molecule has 8 nitrogen and oxygen atoms in total. The monoisotopic (exact) mass is 646 g/mol. The quantitative estimate of drug-likeness (QED) is 0.295. The highest BCUT2D eigenvalue weighted by Gasteiger charge is 2.36. The number of nitrogens with two attached hydrogens (primary N) is 1. The van der Waals surface area contributed by atoms with E-state index in [4.69, 9.17) is 22.1 Å². The number of piperazine rings is 1. The topological polar surface area (TPSA) is 114 Å². The molecule has 2 aliphatic rings. The van der Waals surface area contributed by atoms with E-state index in [0.29, 0.717) is 51.1 Å².